The van der Waals surface area contributed by atoms with E-state index in [-0.39, 0.29) is 46.2 Å². The van der Waals surface area contributed by atoms with Gasteiger partial charge in [-0.2, -0.15) is 13.2 Å². The van der Waals surface area contributed by atoms with Crippen LogP contribution >= 0.6 is 15.9 Å². The number of ether oxygens (including phenoxy) is 1. The average molecular weight is 531 g/mol. The van der Waals surface area contributed by atoms with Gasteiger partial charge in [0.15, 0.2) is 16.2 Å². The van der Waals surface area contributed by atoms with E-state index in [1.54, 1.807) is 0 Å². The fourth-order valence-electron chi connectivity index (χ4n) is 2.91. The van der Waals surface area contributed by atoms with E-state index in [2.05, 4.69) is 20.9 Å². The number of hydrogen-bond acceptors (Lipinski definition) is 5. The van der Waals surface area contributed by atoms with Crippen molar-refractivity contribution in [3.05, 3.63) is 70.0 Å². The number of oxazole rings is 1. The monoisotopic (exact) mass is 530 g/mol. The second kappa shape index (κ2) is 9.61. The molecular formula is C21H15BrF4N2O5. The first-order chi connectivity index (χ1) is 15.5. The van der Waals surface area contributed by atoms with Crippen LogP contribution in [0.4, 0.5) is 17.6 Å². The molecule has 3 rings (SSSR count). The summed E-state index contributed by atoms with van der Waals surface area (Å²) in [5.74, 6) is -5.07. The summed E-state index contributed by atoms with van der Waals surface area (Å²) in [5, 5.41) is 9.56. The highest BCUT2D eigenvalue weighted by atomic mass is 79.9. The number of aliphatic carboxylic acids is 1. The van der Waals surface area contributed by atoms with Crippen molar-refractivity contribution >= 4 is 27.8 Å². The predicted molar refractivity (Wildman–Crippen MR) is 110 cm³/mol. The SMILES string of the molecule is NC(=O)c1cccc(OCCC(C(=O)O)c2nc(-c3ccc(C(F)(F)F)cc3)c(Br)o2)c1F. The van der Waals surface area contributed by atoms with E-state index in [1.165, 1.54) is 30.3 Å². The average Bonchev–Trinajstić information content (AvgIpc) is 3.12. The highest BCUT2D eigenvalue weighted by Gasteiger charge is 2.31. The van der Waals surface area contributed by atoms with Gasteiger partial charge in [0.25, 0.3) is 5.91 Å². The molecule has 0 bridgehead atoms. The lowest BCUT2D eigenvalue weighted by atomic mass is 10.1. The third-order valence-corrected chi connectivity index (χ3v) is 5.11. The lowest BCUT2D eigenvalue weighted by Gasteiger charge is -2.11. The number of carboxylic acids is 1. The number of benzene rings is 2. The summed E-state index contributed by atoms with van der Waals surface area (Å²) < 4.78 is 63.2. The number of halogens is 5. The Hall–Kier alpha value is -3.41. The topological polar surface area (TPSA) is 116 Å². The molecule has 33 heavy (non-hydrogen) atoms. The van der Waals surface area contributed by atoms with Crippen molar-refractivity contribution in [2.75, 3.05) is 6.61 Å². The number of nitrogens with zero attached hydrogens (tertiary/aromatic N) is 1. The highest BCUT2D eigenvalue weighted by molar-refractivity contribution is 9.10. The van der Waals surface area contributed by atoms with Gasteiger partial charge in [0.05, 0.1) is 17.7 Å². The van der Waals surface area contributed by atoms with Gasteiger partial charge in [-0.05, 0) is 40.2 Å². The van der Waals surface area contributed by atoms with Crippen LogP contribution in [0.1, 0.15) is 34.2 Å². The Kier molecular flexibility index (Phi) is 7.06. The van der Waals surface area contributed by atoms with Crippen molar-refractivity contribution in [2.45, 2.75) is 18.5 Å². The van der Waals surface area contributed by atoms with Crippen LogP contribution in [0.2, 0.25) is 0 Å². The minimum absolute atomic E-state index is 0.0321. The Bertz CT molecular complexity index is 1180. The van der Waals surface area contributed by atoms with Gasteiger partial charge in [-0.1, -0.05) is 18.2 Å². The molecule has 3 aromatic rings. The fraction of sp³-hybridized carbons (Fsp3) is 0.190. The number of rotatable bonds is 8. The van der Waals surface area contributed by atoms with Gasteiger partial charge in [-0.15, -0.1) is 0 Å². The molecule has 1 atom stereocenters. The summed E-state index contributed by atoms with van der Waals surface area (Å²) in [5.41, 5.74) is 4.24. The van der Waals surface area contributed by atoms with E-state index in [1.807, 2.05) is 0 Å². The zero-order chi connectivity index (χ0) is 24.3. The maximum atomic E-state index is 14.2. The second-order valence-electron chi connectivity index (χ2n) is 6.76. The molecule has 12 heteroatoms. The summed E-state index contributed by atoms with van der Waals surface area (Å²) in [6.07, 6.45) is -4.69. The molecule has 0 spiro atoms. The normalized spacial score (nSPS) is 12.4. The van der Waals surface area contributed by atoms with Crippen LogP contribution in [-0.2, 0) is 11.0 Å². The van der Waals surface area contributed by atoms with Crippen molar-refractivity contribution in [3.8, 4) is 17.0 Å². The van der Waals surface area contributed by atoms with E-state index in [9.17, 15) is 32.3 Å². The van der Waals surface area contributed by atoms with E-state index in [0.717, 1.165) is 12.1 Å². The molecule has 0 aliphatic heterocycles. The standard InChI is InChI=1S/C21H15BrF4N2O5/c22-17-16(10-4-6-11(7-5-10)21(24,25)26)28-19(33-17)13(20(30)31)8-9-32-14-3-1-2-12(15(14)23)18(27)29/h1-7,13H,8-9H2,(H2,27,29)(H,30,31). The molecule has 0 saturated heterocycles. The molecule has 0 saturated carbocycles. The molecule has 0 fully saturated rings. The molecule has 0 aliphatic carbocycles. The quantitative estimate of drug-likeness (QED) is 0.396. The lowest BCUT2D eigenvalue weighted by molar-refractivity contribution is -0.140. The number of hydrogen-bond donors (Lipinski definition) is 2. The second-order valence-corrected chi connectivity index (χ2v) is 7.48. The molecule has 1 aromatic heterocycles. The van der Waals surface area contributed by atoms with Crippen LogP contribution in [-0.4, -0.2) is 28.6 Å². The van der Waals surface area contributed by atoms with Crippen LogP contribution in [0, 0.1) is 5.82 Å². The third kappa shape index (κ3) is 5.51. The highest BCUT2D eigenvalue weighted by Crippen LogP contribution is 2.35. The number of primary amides is 1. The third-order valence-electron chi connectivity index (χ3n) is 4.58. The Morgan fingerprint density at radius 3 is 2.42 bits per heavy atom. The number of aromatic nitrogens is 1. The lowest BCUT2D eigenvalue weighted by Crippen LogP contribution is -2.17. The molecular weight excluding hydrogens is 516 g/mol. The van der Waals surface area contributed by atoms with Crippen molar-refractivity contribution in [3.63, 3.8) is 0 Å². The first kappa shape index (κ1) is 24.2. The maximum Gasteiger partial charge on any atom is 0.416 e. The molecule has 174 valence electrons. The Morgan fingerprint density at radius 1 is 1.18 bits per heavy atom. The summed E-state index contributed by atoms with van der Waals surface area (Å²) >= 11 is 3.10. The molecule has 7 nitrogen and oxygen atoms in total. The van der Waals surface area contributed by atoms with Crippen LogP contribution in [0.5, 0.6) is 5.75 Å². The predicted octanol–water partition coefficient (Wildman–Crippen LogP) is 5.00. The molecule has 0 radical (unpaired) electrons. The van der Waals surface area contributed by atoms with Crippen molar-refractivity contribution in [2.24, 2.45) is 5.73 Å². The largest absolute Gasteiger partial charge is 0.490 e. The Balaban J connectivity index is 1.76. The first-order valence-corrected chi connectivity index (χ1v) is 10.1. The minimum atomic E-state index is -4.50. The zero-order valence-electron chi connectivity index (χ0n) is 16.5. The van der Waals surface area contributed by atoms with E-state index in [0.29, 0.717) is 0 Å². The molecule has 0 aliphatic rings. The Labute approximate surface area is 192 Å². The number of amides is 1. The fourth-order valence-corrected chi connectivity index (χ4v) is 3.40. The van der Waals surface area contributed by atoms with E-state index >= 15 is 0 Å². The molecule has 2 aromatic carbocycles. The van der Waals surface area contributed by atoms with Crippen LogP contribution < -0.4 is 10.5 Å². The van der Waals surface area contributed by atoms with Gasteiger partial charge in [0, 0.05) is 12.0 Å². The van der Waals surface area contributed by atoms with Crippen LogP contribution in [0.25, 0.3) is 11.3 Å². The number of carbonyl (C=O) groups is 2. The van der Waals surface area contributed by atoms with Crippen molar-refractivity contribution < 1.29 is 41.4 Å². The summed E-state index contributed by atoms with van der Waals surface area (Å²) in [6.45, 7) is -0.272. The molecule has 3 N–H and O–H groups in total. The Morgan fingerprint density at radius 2 is 1.85 bits per heavy atom. The van der Waals surface area contributed by atoms with Crippen LogP contribution in [0.3, 0.4) is 0 Å². The number of alkyl halides is 3. The number of nitrogens with two attached hydrogens (primary N) is 1. The molecule has 1 amide bonds. The summed E-state index contributed by atoms with van der Waals surface area (Å²) in [4.78, 5) is 27.1. The van der Waals surface area contributed by atoms with Gasteiger partial charge in [-0.25, -0.2) is 9.37 Å². The van der Waals surface area contributed by atoms with Gasteiger partial charge < -0.3 is 20.0 Å². The van der Waals surface area contributed by atoms with E-state index in [4.69, 9.17) is 14.9 Å². The van der Waals surface area contributed by atoms with Crippen LogP contribution in [0.15, 0.2) is 51.6 Å². The van der Waals surface area contributed by atoms with E-state index < -0.39 is 35.4 Å². The van der Waals surface area contributed by atoms with Gasteiger partial charge >= 0.3 is 12.1 Å². The summed E-state index contributed by atoms with van der Waals surface area (Å²) in [6, 6.07) is 7.89. The number of carbonyl (C=O) groups excluding carboxylic acids is 1. The molecule has 1 unspecified atom stereocenters. The van der Waals surface area contributed by atoms with Crippen molar-refractivity contribution in [1.29, 1.82) is 0 Å². The maximum absolute atomic E-state index is 14.2. The first-order valence-electron chi connectivity index (χ1n) is 9.26. The number of carboxylic acid groups (broad SMARTS) is 1. The van der Waals surface area contributed by atoms with Gasteiger partial charge in [0.2, 0.25) is 5.89 Å². The zero-order valence-corrected chi connectivity index (χ0v) is 18.1. The molecule has 1 heterocycles. The summed E-state index contributed by atoms with van der Waals surface area (Å²) in [7, 11) is 0. The van der Waals surface area contributed by atoms with Gasteiger partial charge in [-0.3, -0.25) is 9.59 Å². The minimum Gasteiger partial charge on any atom is -0.490 e. The van der Waals surface area contributed by atoms with Gasteiger partial charge in [0.1, 0.15) is 11.6 Å². The smallest absolute Gasteiger partial charge is 0.416 e. The van der Waals surface area contributed by atoms with Crippen molar-refractivity contribution in [1.82, 2.24) is 4.98 Å².